The number of carbonyl (C=O) groups excluding carboxylic acids is 1. The van der Waals surface area contributed by atoms with Gasteiger partial charge in [0.05, 0.1) is 5.92 Å². The molecule has 6 nitrogen and oxygen atoms in total. The van der Waals surface area contributed by atoms with Gasteiger partial charge in [0.25, 0.3) is 11.7 Å². The molecule has 6 heteroatoms. The number of carbonyl (C=O) groups is 1. The summed E-state index contributed by atoms with van der Waals surface area (Å²) in [5.74, 6) is -0.00962. The number of nitrogens with zero attached hydrogens (tertiary/aromatic N) is 2. The molecule has 0 saturated carbocycles. The molecule has 1 fully saturated rings. The minimum absolute atomic E-state index is 0.0425. The second-order valence-corrected chi connectivity index (χ2v) is 3.46. The third-order valence-electron chi connectivity index (χ3n) is 2.50. The summed E-state index contributed by atoms with van der Waals surface area (Å²) in [7, 11) is 0. The van der Waals surface area contributed by atoms with E-state index in [0.717, 1.165) is 13.0 Å². The second kappa shape index (κ2) is 3.38. The molecule has 0 spiro atoms. The Bertz CT molecular complexity index is 349. The van der Waals surface area contributed by atoms with Crippen molar-refractivity contribution < 1.29 is 9.32 Å². The fraction of sp³-hybridized carbons (Fsp3) is 0.625. The van der Waals surface area contributed by atoms with E-state index in [1.807, 2.05) is 6.92 Å². The number of rotatable bonds is 2. The zero-order valence-corrected chi connectivity index (χ0v) is 7.86. The molecule has 0 aliphatic carbocycles. The molecule has 2 rings (SSSR count). The van der Waals surface area contributed by atoms with E-state index in [2.05, 4.69) is 15.5 Å². The number of primary amides is 1. The number of hydrogen-bond acceptors (Lipinski definition) is 5. The quantitative estimate of drug-likeness (QED) is 0.673. The summed E-state index contributed by atoms with van der Waals surface area (Å²) in [4.78, 5) is 14.7. The molecular weight excluding hydrogens is 184 g/mol. The van der Waals surface area contributed by atoms with Crippen molar-refractivity contribution in [3.8, 4) is 0 Å². The molecule has 2 atom stereocenters. The van der Waals surface area contributed by atoms with Gasteiger partial charge in [-0.2, -0.15) is 4.98 Å². The van der Waals surface area contributed by atoms with Gasteiger partial charge >= 0.3 is 0 Å². The second-order valence-electron chi connectivity index (χ2n) is 3.46. The van der Waals surface area contributed by atoms with Crippen LogP contribution in [-0.2, 0) is 0 Å². The molecule has 1 aromatic heterocycles. The molecule has 0 aromatic carbocycles. The van der Waals surface area contributed by atoms with Crippen LogP contribution in [0.5, 0.6) is 0 Å². The maximum atomic E-state index is 10.7. The van der Waals surface area contributed by atoms with Crippen LogP contribution in [0.25, 0.3) is 0 Å². The molecule has 2 heterocycles. The third kappa shape index (κ3) is 1.48. The Morgan fingerprint density at radius 2 is 2.50 bits per heavy atom. The fourth-order valence-corrected chi connectivity index (χ4v) is 1.68. The van der Waals surface area contributed by atoms with E-state index in [1.165, 1.54) is 0 Å². The lowest BCUT2D eigenvalue weighted by atomic mass is 10.0. The van der Waals surface area contributed by atoms with Gasteiger partial charge in [-0.05, 0) is 19.9 Å². The van der Waals surface area contributed by atoms with Crippen molar-refractivity contribution in [2.24, 2.45) is 5.73 Å². The van der Waals surface area contributed by atoms with Crippen molar-refractivity contribution in [2.45, 2.75) is 25.3 Å². The molecule has 1 aromatic rings. The molecule has 3 N–H and O–H groups in total. The first-order valence-electron chi connectivity index (χ1n) is 4.55. The monoisotopic (exact) mass is 196 g/mol. The lowest BCUT2D eigenvalue weighted by molar-refractivity contribution is 0.0987. The van der Waals surface area contributed by atoms with Crippen molar-refractivity contribution in [1.29, 1.82) is 0 Å². The van der Waals surface area contributed by atoms with E-state index in [0.29, 0.717) is 11.9 Å². The minimum Gasteiger partial charge on any atom is -0.363 e. The van der Waals surface area contributed by atoms with Crippen LogP contribution in [0.1, 0.15) is 35.8 Å². The van der Waals surface area contributed by atoms with Crippen LogP contribution < -0.4 is 11.1 Å². The highest BCUT2D eigenvalue weighted by molar-refractivity contribution is 5.88. The van der Waals surface area contributed by atoms with Crippen LogP contribution in [0.2, 0.25) is 0 Å². The highest BCUT2D eigenvalue weighted by atomic mass is 16.5. The van der Waals surface area contributed by atoms with E-state index in [4.69, 9.17) is 10.3 Å². The molecule has 0 radical (unpaired) electrons. The van der Waals surface area contributed by atoms with E-state index in [1.54, 1.807) is 0 Å². The summed E-state index contributed by atoms with van der Waals surface area (Å²) in [6, 6.07) is 0.302. The number of nitrogens with two attached hydrogens (primary N) is 1. The lowest BCUT2D eigenvalue weighted by Crippen LogP contribution is -2.22. The molecule has 1 aliphatic rings. The van der Waals surface area contributed by atoms with Crippen LogP contribution in [-0.4, -0.2) is 28.6 Å². The van der Waals surface area contributed by atoms with E-state index in [-0.39, 0.29) is 11.7 Å². The smallest absolute Gasteiger partial charge is 0.290 e. The minimum atomic E-state index is -0.654. The van der Waals surface area contributed by atoms with Gasteiger partial charge in [0.15, 0.2) is 0 Å². The van der Waals surface area contributed by atoms with Crippen molar-refractivity contribution in [3.63, 3.8) is 0 Å². The van der Waals surface area contributed by atoms with Crippen molar-refractivity contribution in [1.82, 2.24) is 15.5 Å². The Balaban J connectivity index is 2.20. The number of nitrogens with one attached hydrogen (secondary N) is 1. The zero-order chi connectivity index (χ0) is 10.1. The predicted molar refractivity (Wildman–Crippen MR) is 47.6 cm³/mol. The van der Waals surface area contributed by atoms with Gasteiger partial charge < -0.3 is 15.6 Å². The Morgan fingerprint density at radius 3 is 3.00 bits per heavy atom. The van der Waals surface area contributed by atoms with E-state index < -0.39 is 5.91 Å². The SMILES string of the molecule is CC1NCCC1c1nc(C(N)=O)no1. The molecule has 1 amide bonds. The maximum Gasteiger partial charge on any atom is 0.290 e. The number of hydrogen-bond donors (Lipinski definition) is 2. The van der Waals surface area contributed by atoms with E-state index in [9.17, 15) is 4.79 Å². The maximum absolute atomic E-state index is 10.7. The third-order valence-corrected chi connectivity index (χ3v) is 2.50. The van der Waals surface area contributed by atoms with Crippen molar-refractivity contribution in [2.75, 3.05) is 6.54 Å². The van der Waals surface area contributed by atoms with Crippen LogP contribution in [0.15, 0.2) is 4.52 Å². The van der Waals surface area contributed by atoms with Crippen LogP contribution in [0.4, 0.5) is 0 Å². The molecular formula is C8H12N4O2. The summed E-state index contributed by atoms with van der Waals surface area (Å²) in [6.45, 7) is 2.98. The first kappa shape index (κ1) is 9.14. The first-order valence-corrected chi connectivity index (χ1v) is 4.55. The number of amides is 1. The van der Waals surface area contributed by atoms with Gasteiger partial charge in [0, 0.05) is 6.04 Å². The van der Waals surface area contributed by atoms with Crippen LogP contribution in [0, 0.1) is 0 Å². The topological polar surface area (TPSA) is 94.0 Å². The highest BCUT2D eigenvalue weighted by Gasteiger charge is 2.29. The largest absolute Gasteiger partial charge is 0.363 e. The predicted octanol–water partition coefficient (Wildman–Crippen LogP) is -0.366. The van der Waals surface area contributed by atoms with Crippen molar-refractivity contribution in [3.05, 3.63) is 11.7 Å². The Hall–Kier alpha value is -1.43. The van der Waals surface area contributed by atoms with Gasteiger partial charge in [-0.25, -0.2) is 0 Å². The summed E-state index contributed by atoms with van der Waals surface area (Å²) in [6.07, 6.45) is 0.946. The van der Waals surface area contributed by atoms with Gasteiger partial charge in [-0.3, -0.25) is 4.79 Å². The molecule has 1 saturated heterocycles. The van der Waals surface area contributed by atoms with Gasteiger partial charge in [-0.15, -0.1) is 0 Å². The number of aromatic nitrogens is 2. The standard InChI is InChI=1S/C8H12N4O2/c1-4-5(2-3-10-4)8-11-7(6(9)13)12-14-8/h4-5,10H,2-3H2,1H3,(H2,9,13). The van der Waals surface area contributed by atoms with Gasteiger partial charge in [0.2, 0.25) is 5.89 Å². The molecule has 1 aliphatic heterocycles. The lowest BCUT2D eigenvalue weighted by Gasteiger charge is -2.08. The van der Waals surface area contributed by atoms with Crippen LogP contribution >= 0.6 is 0 Å². The summed E-state index contributed by atoms with van der Waals surface area (Å²) in [5.41, 5.74) is 5.02. The normalized spacial score (nSPS) is 26.6. The van der Waals surface area contributed by atoms with E-state index >= 15 is 0 Å². The summed E-state index contributed by atoms with van der Waals surface area (Å²) in [5, 5.41) is 6.77. The average Bonchev–Trinajstić information content (AvgIpc) is 2.71. The molecule has 14 heavy (non-hydrogen) atoms. The van der Waals surface area contributed by atoms with Gasteiger partial charge in [-0.1, -0.05) is 5.16 Å². The van der Waals surface area contributed by atoms with Gasteiger partial charge in [0.1, 0.15) is 0 Å². The highest BCUT2D eigenvalue weighted by Crippen LogP contribution is 2.25. The summed E-state index contributed by atoms with van der Waals surface area (Å²) < 4.78 is 4.98. The Kier molecular flexibility index (Phi) is 2.20. The Labute approximate surface area is 80.9 Å². The fourth-order valence-electron chi connectivity index (χ4n) is 1.68. The average molecular weight is 196 g/mol. The first-order chi connectivity index (χ1) is 6.68. The van der Waals surface area contributed by atoms with Crippen molar-refractivity contribution >= 4 is 5.91 Å². The summed E-state index contributed by atoms with van der Waals surface area (Å²) >= 11 is 0. The molecule has 76 valence electrons. The Morgan fingerprint density at radius 1 is 1.71 bits per heavy atom. The van der Waals surface area contributed by atoms with Crippen LogP contribution in [0.3, 0.4) is 0 Å². The zero-order valence-electron chi connectivity index (χ0n) is 7.86. The molecule has 0 bridgehead atoms. The molecule has 2 unspecified atom stereocenters.